The van der Waals surface area contributed by atoms with E-state index in [1.54, 1.807) is 0 Å². The van der Waals surface area contributed by atoms with Crippen LogP contribution < -0.4 is 4.90 Å². The van der Waals surface area contributed by atoms with Gasteiger partial charge in [-0.1, -0.05) is 15.9 Å². The topological polar surface area (TPSA) is 30.3 Å². The van der Waals surface area contributed by atoms with Gasteiger partial charge in [0.15, 0.2) is 0 Å². The Morgan fingerprint density at radius 3 is 2.95 bits per heavy atom. The van der Waals surface area contributed by atoms with Crippen LogP contribution in [0.2, 0.25) is 0 Å². The first-order chi connectivity index (χ1) is 9.69. The second kappa shape index (κ2) is 5.75. The third kappa shape index (κ3) is 2.57. The third-order valence-electron chi connectivity index (χ3n) is 4.77. The van der Waals surface area contributed by atoms with Crippen molar-refractivity contribution in [3.63, 3.8) is 0 Å². The van der Waals surface area contributed by atoms with Gasteiger partial charge in [0.25, 0.3) is 0 Å². The Labute approximate surface area is 129 Å². The SMILES string of the molecule is CN1CCCC2CN(c3cc(Br)ccc3C#N)CCC21. The molecule has 0 bridgehead atoms. The lowest BCUT2D eigenvalue weighted by Crippen LogP contribution is -2.52. The maximum Gasteiger partial charge on any atom is 0.101 e. The predicted molar refractivity (Wildman–Crippen MR) is 84.8 cm³/mol. The summed E-state index contributed by atoms with van der Waals surface area (Å²) in [7, 11) is 2.26. The van der Waals surface area contributed by atoms with Gasteiger partial charge in [0.2, 0.25) is 0 Å². The zero-order chi connectivity index (χ0) is 14.1. The van der Waals surface area contributed by atoms with E-state index in [1.165, 1.54) is 25.8 Å². The van der Waals surface area contributed by atoms with Crippen LogP contribution in [0.15, 0.2) is 22.7 Å². The van der Waals surface area contributed by atoms with Gasteiger partial charge in [0, 0.05) is 23.6 Å². The Morgan fingerprint density at radius 2 is 2.15 bits per heavy atom. The van der Waals surface area contributed by atoms with Crippen LogP contribution in [0.1, 0.15) is 24.8 Å². The highest BCUT2D eigenvalue weighted by Gasteiger charge is 2.34. The molecule has 106 valence electrons. The summed E-state index contributed by atoms with van der Waals surface area (Å²) in [4.78, 5) is 4.93. The molecule has 0 aliphatic carbocycles. The number of anilines is 1. The van der Waals surface area contributed by atoms with E-state index in [-0.39, 0.29) is 0 Å². The maximum atomic E-state index is 9.31. The van der Waals surface area contributed by atoms with Crippen molar-refractivity contribution in [3.8, 4) is 6.07 Å². The van der Waals surface area contributed by atoms with E-state index >= 15 is 0 Å². The summed E-state index contributed by atoms with van der Waals surface area (Å²) >= 11 is 3.53. The number of fused-ring (bicyclic) bond motifs is 1. The molecule has 2 unspecified atom stereocenters. The highest BCUT2D eigenvalue weighted by atomic mass is 79.9. The number of nitrogens with zero attached hydrogens (tertiary/aromatic N) is 3. The Hall–Kier alpha value is -1.05. The zero-order valence-electron chi connectivity index (χ0n) is 11.8. The molecule has 2 saturated heterocycles. The number of hydrogen-bond acceptors (Lipinski definition) is 3. The predicted octanol–water partition coefficient (Wildman–Crippen LogP) is 3.24. The number of benzene rings is 1. The maximum absolute atomic E-state index is 9.31. The van der Waals surface area contributed by atoms with Crippen molar-refractivity contribution in [2.24, 2.45) is 5.92 Å². The first-order valence-corrected chi connectivity index (χ1v) is 8.13. The fourth-order valence-corrected chi connectivity index (χ4v) is 4.08. The lowest BCUT2D eigenvalue weighted by atomic mass is 9.84. The van der Waals surface area contributed by atoms with Crippen molar-refractivity contribution >= 4 is 21.6 Å². The van der Waals surface area contributed by atoms with Crippen LogP contribution in [0.4, 0.5) is 5.69 Å². The van der Waals surface area contributed by atoms with E-state index in [1.807, 2.05) is 12.1 Å². The van der Waals surface area contributed by atoms with Crippen molar-refractivity contribution < 1.29 is 0 Å². The van der Waals surface area contributed by atoms with Crippen LogP contribution in [0, 0.1) is 17.2 Å². The van der Waals surface area contributed by atoms with Gasteiger partial charge in [-0.3, -0.25) is 0 Å². The molecule has 20 heavy (non-hydrogen) atoms. The van der Waals surface area contributed by atoms with Crippen LogP contribution in [0.3, 0.4) is 0 Å². The van der Waals surface area contributed by atoms with Crippen LogP contribution in [-0.4, -0.2) is 37.6 Å². The molecule has 0 spiro atoms. The van der Waals surface area contributed by atoms with Gasteiger partial charge < -0.3 is 9.80 Å². The number of halogens is 1. The van der Waals surface area contributed by atoms with Gasteiger partial charge in [0.1, 0.15) is 6.07 Å². The van der Waals surface area contributed by atoms with Gasteiger partial charge in [-0.15, -0.1) is 0 Å². The second-order valence-electron chi connectivity index (χ2n) is 5.96. The first kappa shape index (κ1) is 13.9. The quantitative estimate of drug-likeness (QED) is 0.790. The number of piperidine rings is 2. The first-order valence-electron chi connectivity index (χ1n) is 7.34. The molecule has 2 aliphatic rings. The molecule has 3 nitrogen and oxygen atoms in total. The van der Waals surface area contributed by atoms with Crippen molar-refractivity contribution in [2.45, 2.75) is 25.3 Å². The Balaban J connectivity index is 1.83. The van der Waals surface area contributed by atoms with Gasteiger partial charge in [-0.2, -0.15) is 5.26 Å². The minimum atomic E-state index is 0.734. The van der Waals surface area contributed by atoms with Crippen LogP contribution in [0.5, 0.6) is 0 Å². The molecule has 0 aromatic heterocycles. The van der Waals surface area contributed by atoms with E-state index in [4.69, 9.17) is 0 Å². The highest BCUT2D eigenvalue weighted by Crippen LogP contribution is 2.34. The van der Waals surface area contributed by atoms with Gasteiger partial charge in [0.05, 0.1) is 11.3 Å². The fraction of sp³-hybridized carbons (Fsp3) is 0.562. The molecule has 1 aromatic rings. The standard InChI is InChI=1S/C16H20BrN3/c1-19-7-2-3-13-11-20(8-6-15(13)19)16-9-14(17)5-4-12(16)10-18/h4-5,9,13,15H,2-3,6-8,11H2,1H3. The van der Waals surface area contributed by atoms with Gasteiger partial charge >= 0.3 is 0 Å². The van der Waals surface area contributed by atoms with Crippen LogP contribution >= 0.6 is 15.9 Å². The molecule has 4 heteroatoms. The highest BCUT2D eigenvalue weighted by molar-refractivity contribution is 9.10. The van der Waals surface area contributed by atoms with Crippen LogP contribution in [-0.2, 0) is 0 Å². The number of rotatable bonds is 1. The number of likely N-dealkylation sites (tertiary alicyclic amines) is 1. The van der Waals surface area contributed by atoms with E-state index in [2.05, 4.69) is 44.9 Å². The molecule has 0 amide bonds. The average molecular weight is 334 g/mol. The fourth-order valence-electron chi connectivity index (χ4n) is 3.73. The Bertz CT molecular complexity index is 537. The molecule has 2 aliphatic heterocycles. The molecule has 2 heterocycles. The number of nitriles is 1. The molecule has 0 saturated carbocycles. The Kier molecular flexibility index (Phi) is 4.00. The normalized spacial score (nSPS) is 26.9. The monoisotopic (exact) mass is 333 g/mol. The molecular formula is C16H20BrN3. The number of hydrogen-bond donors (Lipinski definition) is 0. The zero-order valence-corrected chi connectivity index (χ0v) is 13.4. The van der Waals surface area contributed by atoms with Crippen molar-refractivity contribution in [1.82, 2.24) is 4.90 Å². The molecule has 0 N–H and O–H groups in total. The van der Waals surface area contributed by atoms with E-state index in [9.17, 15) is 5.26 Å². The molecule has 2 atom stereocenters. The minimum absolute atomic E-state index is 0.734. The van der Waals surface area contributed by atoms with Crippen molar-refractivity contribution in [3.05, 3.63) is 28.2 Å². The Morgan fingerprint density at radius 1 is 1.30 bits per heavy atom. The third-order valence-corrected chi connectivity index (χ3v) is 5.26. The molecule has 2 fully saturated rings. The summed E-state index contributed by atoms with van der Waals surface area (Å²) in [6.07, 6.45) is 3.83. The summed E-state index contributed by atoms with van der Waals surface area (Å²) in [5.41, 5.74) is 1.88. The smallest absolute Gasteiger partial charge is 0.101 e. The molecule has 3 rings (SSSR count). The summed E-state index contributed by atoms with van der Waals surface area (Å²) < 4.78 is 1.05. The van der Waals surface area contributed by atoms with Gasteiger partial charge in [-0.05, 0) is 57.0 Å². The van der Waals surface area contributed by atoms with Crippen molar-refractivity contribution in [2.75, 3.05) is 31.6 Å². The average Bonchev–Trinajstić information content (AvgIpc) is 2.47. The molecular weight excluding hydrogens is 314 g/mol. The summed E-state index contributed by atoms with van der Waals surface area (Å²) in [6, 6.07) is 9.01. The minimum Gasteiger partial charge on any atom is -0.370 e. The summed E-state index contributed by atoms with van der Waals surface area (Å²) in [6.45, 7) is 3.37. The molecule has 0 radical (unpaired) electrons. The second-order valence-corrected chi connectivity index (χ2v) is 6.87. The van der Waals surface area contributed by atoms with Gasteiger partial charge in [-0.25, -0.2) is 0 Å². The largest absolute Gasteiger partial charge is 0.370 e. The lowest BCUT2D eigenvalue weighted by Gasteiger charge is -2.46. The summed E-state index contributed by atoms with van der Waals surface area (Å²) in [5.74, 6) is 0.744. The van der Waals surface area contributed by atoms with E-state index in [0.29, 0.717) is 0 Å². The summed E-state index contributed by atoms with van der Waals surface area (Å²) in [5, 5.41) is 9.31. The van der Waals surface area contributed by atoms with E-state index in [0.717, 1.165) is 40.8 Å². The van der Waals surface area contributed by atoms with Crippen molar-refractivity contribution in [1.29, 1.82) is 5.26 Å². The van der Waals surface area contributed by atoms with E-state index < -0.39 is 0 Å². The lowest BCUT2D eigenvalue weighted by molar-refractivity contribution is 0.102. The molecule has 1 aromatic carbocycles. The van der Waals surface area contributed by atoms with Crippen LogP contribution in [0.25, 0.3) is 0 Å².